The van der Waals surface area contributed by atoms with Crippen molar-refractivity contribution in [2.45, 2.75) is 24.5 Å². The van der Waals surface area contributed by atoms with Gasteiger partial charge in [-0.15, -0.1) is 0 Å². The maximum atomic E-state index is 14.1. The molecule has 4 atom stereocenters. The Kier molecular flexibility index (Phi) is 5.03. The summed E-state index contributed by atoms with van der Waals surface area (Å²) in [5.74, 6) is -0.605. The number of ether oxygens (including phenoxy) is 4. The summed E-state index contributed by atoms with van der Waals surface area (Å²) in [6, 6.07) is 6.79. The Hall–Kier alpha value is -3.11. The number of anilines is 2. The quantitative estimate of drug-likeness (QED) is 0.660. The third-order valence-corrected chi connectivity index (χ3v) is 5.35. The number of fused-ring (bicyclic) bond motifs is 2. The summed E-state index contributed by atoms with van der Waals surface area (Å²) in [4.78, 5) is 8.33. The first-order chi connectivity index (χ1) is 15.0. The first-order valence-electron chi connectivity index (χ1n) is 9.63. The summed E-state index contributed by atoms with van der Waals surface area (Å²) in [7, 11) is 1.46. The molecule has 0 amide bonds. The second kappa shape index (κ2) is 7.86. The number of halogens is 3. The van der Waals surface area contributed by atoms with Crippen molar-refractivity contribution in [2.75, 3.05) is 25.6 Å². The predicted octanol–water partition coefficient (Wildman–Crippen LogP) is 3.54. The van der Waals surface area contributed by atoms with Gasteiger partial charge in [-0.3, -0.25) is 0 Å². The van der Waals surface area contributed by atoms with Gasteiger partial charge in [0.25, 0.3) is 0 Å². The average Bonchev–Trinajstić information content (AvgIpc) is 3.33. The highest BCUT2D eigenvalue weighted by molar-refractivity contribution is 5.93. The molecule has 10 heteroatoms. The highest BCUT2D eigenvalue weighted by Crippen LogP contribution is 2.38. The molecule has 2 saturated heterocycles. The van der Waals surface area contributed by atoms with Crippen molar-refractivity contribution in [1.29, 1.82) is 0 Å². The lowest BCUT2D eigenvalue weighted by atomic mass is 10.1. The van der Waals surface area contributed by atoms with Gasteiger partial charge in [0.15, 0.2) is 23.8 Å². The molecule has 2 fully saturated rings. The van der Waals surface area contributed by atoms with Crippen molar-refractivity contribution in [3.8, 4) is 11.5 Å². The van der Waals surface area contributed by atoms with Gasteiger partial charge < -0.3 is 24.3 Å². The minimum absolute atomic E-state index is 0.0289. The molecule has 0 bridgehead atoms. The van der Waals surface area contributed by atoms with Crippen LogP contribution in [-0.2, 0) is 9.47 Å². The zero-order valence-corrected chi connectivity index (χ0v) is 16.3. The van der Waals surface area contributed by atoms with Crippen LogP contribution in [-0.4, -0.2) is 54.8 Å². The van der Waals surface area contributed by atoms with Crippen LogP contribution in [0.25, 0.3) is 10.9 Å². The number of alkyl halides is 1. The number of benzene rings is 2. The van der Waals surface area contributed by atoms with E-state index in [1.54, 1.807) is 12.1 Å². The van der Waals surface area contributed by atoms with Crippen LogP contribution in [0.2, 0.25) is 0 Å². The van der Waals surface area contributed by atoms with Gasteiger partial charge in [-0.2, -0.15) is 0 Å². The highest BCUT2D eigenvalue weighted by Gasteiger charge is 2.49. The smallest absolute Gasteiger partial charge is 0.164 e. The van der Waals surface area contributed by atoms with Crippen LogP contribution < -0.4 is 14.8 Å². The van der Waals surface area contributed by atoms with Crippen molar-refractivity contribution in [2.24, 2.45) is 0 Å². The Bertz CT molecular complexity index is 1110. The van der Waals surface area contributed by atoms with E-state index < -0.39 is 36.1 Å². The number of para-hydroxylation sites is 1. The molecule has 2 aliphatic rings. The molecular weight excluding hydrogens is 415 g/mol. The molecule has 0 saturated carbocycles. The van der Waals surface area contributed by atoms with Crippen LogP contribution in [0.5, 0.6) is 11.5 Å². The largest absolute Gasteiger partial charge is 0.493 e. The summed E-state index contributed by atoms with van der Waals surface area (Å²) < 4.78 is 64.3. The Morgan fingerprint density at radius 3 is 2.58 bits per heavy atom. The van der Waals surface area contributed by atoms with Crippen molar-refractivity contribution >= 4 is 22.4 Å². The monoisotopic (exact) mass is 433 g/mol. The summed E-state index contributed by atoms with van der Waals surface area (Å²) in [6.45, 7) is 0.152. The lowest BCUT2D eigenvalue weighted by Gasteiger charge is -2.20. The van der Waals surface area contributed by atoms with Gasteiger partial charge in [-0.1, -0.05) is 6.07 Å². The average molecular weight is 433 g/mol. The van der Waals surface area contributed by atoms with E-state index in [4.69, 9.17) is 18.9 Å². The number of nitrogens with zero attached hydrogens (tertiary/aromatic N) is 2. The van der Waals surface area contributed by atoms with Gasteiger partial charge in [-0.25, -0.2) is 23.1 Å². The number of aromatic nitrogens is 2. The maximum absolute atomic E-state index is 14.1. The first kappa shape index (κ1) is 19.8. The van der Waals surface area contributed by atoms with E-state index in [0.29, 0.717) is 22.4 Å². The maximum Gasteiger partial charge on any atom is 0.164 e. The minimum atomic E-state index is -1.18. The Balaban J connectivity index is 1.48. The van der Waals surface area contributed by atoms with Gasteiger partial charge in [0.1, 0.15) is 41.7 Å². The van der Waals surface area contributed by atoms with Crippen LogP contribution >= 0.6 is 0 Å². The molecular formula is C21H18F3N3O4. The number of methoxy groups -OCH3 is 1. The summed E-state index contributed by atoms with van der Waals surface area (Å²) in [6.07, 6.45) is -1.59. The zero-order chi connectivity index (χ0) is 21.5. The summed E-state index contributed by atoms with van der Waals surface area (Å²) >= 11 is 0. The summed E-state index contributed by atoms with van der Waals surface area (Å²) in [5.41, 5.74) is 0.131. The predicted molar refractivity (Wildman–Crippen MR) is 105 cm³/mol. The Labute approximate surface area is 175 Å². The molecule has 31 heavy (non-hydrogen) atoms. The number of hydrogen-bond donors (Lipinski definition) is 1. The SMILES string of the molecule is COc1cc2c(Nc3c(F)cccc3F)ncnc2cc1OC1CO[C@H]2[C@H](F)CO[C@@H]12. The van der Waals surface area contributed by atoms with E-state index in [1.165, 1.54) is 19.5 Å². The van der Waals surface area contributed by atoms with Crippen molar-refractivity contribution < 1.29 is 32.1 Å². The van der Waals surface area contributed by atoms with E-state index in [1.807, 2.05) is 0 Å². The standard InChI is InChI=1S/C21H18F3N3O4/c1-28-15-5-10-14(6-16(15)31-17-8-30-19-13(24)7-29-20(17)19)25-9-26-21(10)27-18-11(22)3-2-4-12(18)23/h2-6,9,13,17,19-20H,7-8H2,1H3,(H,25,26,27)/t13-,17?,19+,20+/m1/s1. The fourth-order valence-corrected chi connectivity index (χ4v) is 3.83. The van der Waals surface area contributed by atoms with Gasteiger partial charge in [0, 0.05) is 11.5 Å². The van der Waals surface area contributed by atoms with Crippen LogP contribution in [0.1, 0.15) is 0 Å². The van der Waals surface area contributed by atoms with E-state index in [-0.39, 0.29) is 24.7 Å². The number of rotatable bonds is 5. The fraction of sp³-hybridized carbons (Fsp3) is 0.333. The third kappa shape index (κ3) is 3.51. The van der Waals surface area contributed by atoms with E-state index >= 15 is 0 Å². The molecule has 3 heterocycles. The van der Waals surface area contributed by atoms with Crippen molar-refractivity contribution in [3.63, 3.8) is 0 Å². The van der Waals surface area contributed by atoms with E-state index in [0.717, 1.165) is 12.1 Å². The minimum Gasteiger partial charge on any atom is -0.493 e. The van der Waals surface area contributed by atoms with Crippen LogP contribution in [0.15, 0.2) is 36.7 Å². The molecule has 1 unspecified atom stereocenters. The Morgan fingerprint density at radius 2 is 1.81 bits per heavy atom. The molecule has 0 spiro atoms. The van der Waals surface area contributed by atoms with Crippen molar-refractivity contribution in [3.05, 3.63) is 48.3 Å². The molecule has 0 radical (unpaired) electrons. The molecule has 1 aromatic heterocycles. The van der Waals surface area contributed by atoms with Gasteiger partial charge in [-0.05, 0) is 18.2 Å². The Morgan fingerprint density at radius 1 is 1.03 bits per heavy atom. The van der Waals surface area contributed by atoms with Crippen LogP contribution in [0.3, 0.4) is 0 Å². The molecule has 5 rings (SSSR count). The van der Waals surface area contributed by atoms with Crippen molar-refractivity contribution in [1.82, 2.24) is 9.97 Å². The van der Waals surface area contributed by atoms with Crippen LogP contribution in [0, 0.1) is 11.6 Å². The zero-order valence-electron chi connectivity index (χ0n) is 16.3. The van der Waals surface area contributed by atoms with Gasteiger partial charge in [0.2, 0.25) is 0 Å². The lowest BCUT2D eigenvalue weighted by molar-refractivity contribution is 0.0271. The fourth-order valence-electron chi connectivity index (χ4n) is 3.83. The lowest BCUT2D eigenvalue weighted by Crippen LogP contribution is -2.33. The molecule has 162 valence electrons. The second-order valence-electron chi connectivity index (χ2n) is 7.23. The highest BCUT2D eigenvalue weighted by atomic mass is 19.1. The topological polar surface area (TPSA) is 74.7 Å². The van der Waals surface area contributed by atoms with Gasteiger partial charge in [0.05, 0.1) is 25.8 Å². The molecule has 2 aromatic carbocycles. The molecule has 0 aliphatic carbocycles. The molecule has 7 nitrogen and oxygen atoms in total. The molecule has 3 aromatic rings. The number of hydrogen-bond acceptors (Lipinski definition) is 7. The first-order valence-corrected chi connectivity index (χ1v) is 9.63. The molecule has 2 aliphatic heterocycles. The molecule has 1 N–H and O–H groups in total. The summed E-state index contributed by atoms with van der Waals surface area (Å²) in [5, 5.41) is 3.15. The number of nitrogens with one attached hydrogen (secondary N) is 1. The second-order valence-corrected chi connectivity index (χ2v) is 7.23. The normalized spacial score (nSPS) is 24.9. The van der Waals surface area contributed by atoms with Gasteiger partial charge >= 0.3 is 0 Å². The third-order valence-electron chi connectivity index (χ3n) is 5.35. The van der Waals surface area contributed by atoms with E-state index in [9.17, 15) is 13.2 Å². The van der Waals surface area contributed by atoms with E-state index in [2.05, 4.69) is 15.3 Å². The van der Waals surface area contributed by atoms with Crippen LogP contribution in [0.4, 0.5) is 24.7 Å².